The van der Waals surface area contributed by atoms with Crippen molar-refractivity contribution >= 4 is 41.2 Å². The van der Waals surface area contributed by atoms with E-state index in [0.29, 0.717) is 73.5 Å². The molecule has 4 aliphatic rings. The number of nitrogens with zero attached hydrogens (tertiary/aromatic N) is 4. The van der Waals surface area contributed by atoms with Gasteiger partial charge in [0.1, 0.15) is 30.5 Å². The molecule has 0 bridgehead atoms. The van der Waals surface area contributed by atoms with Gasteiger partial charge in [-0.05, 0) is 85.5 Å². The fourth-order valence-electron chi connectivity index (χ4n) is 9.07. The molecule has 0 saturated carbocycles. The number of carbonyl (C=O) groups excluding carboxylic acids is 5. The van der Waals surface area contributed by atoms with E-state index in [4.69, 9.17) is 23.7 Å². The number of ketones is 1. The molecule has 0 aromatic heterocycles. The van der Waals surface area contributed by atoms with Crippen molar-refractivity contribution in [3.05, 3.63) is 143 Å². The van der Waals surface area contributed by atoms with Gasteiger partial charge in [-0.2, -0.15) is 0 Å². The lowest BCUT2D eigenvalue weighted by Gasteiger charge is -2.41. The topological polar surface area (TPSA) is 165 Å². The first-order chi connectivity index (χ1) is 31.8. The molecule has 4 heterocycles. The fraction of sp³-hybridized carbons (Fsp3) is 0.353. The molecule has 4 aliphatic heterocycles. The molecule has 0 spiro atoms. The average molecular weight is 901 g/mol. The Hall–Kier alpha value is -6.97. The highest BCUT2D eigenvalue weighted by Gasteiger charge is 2.48. The van der Waals surface area contributed by atoms with Gasteiger partial charge in [-0.15, -0.1) is 0 Å². The highest BCUT2D eigenvalue weighted by Crippen LogP contribution is 2.41. The number of fused-ring (bicyclic) bond motifs is 6. The van der Waals surface area contributed by atoms with Crippen molar-refractivity contribution in [1.29, 1.82) is 0 Å². The number of methoxy groups -OCH3 is 2. The molecule has 1 N–H and O–H groups in total. The highest BCUT2D eigenvalue weighted by molar-refractivity contribution is 6.07. The third kappa shape index (κ3) is 9.40. The second-order valence-electron chi connectivity index (χ2n) is 16.6. The van der Waals surface area contributed by atoms with Crippen molar-refractivity contribution in [1.82, 2.24) is 9.80 Å². The summed E-state index contributed by atoms with van der Waals surface area (Å²) in [4.78, 5) is 71.5. The lowest BCUT2D eigenvalue weighted by atomic mass is 9.92. The standard InChI is InChI=1S/C28H32N2O6.C23H24N2O5/c1-5-12-36-28(33)30-23-16-25(35-13-8-9-19(3)31)18(2)14-22(23)26(32)29-17-21-11-7-6-10-20(21)15-24(29)27(30)34-4;1-4-9-30-23(28)25-18-12-20(26)14(2)10-17(18)21(27)24-13-16-8-6-5-7-15(16)11-19(24)22(25)29-3/h5-7,10-11,14,16,24,27H,1,8-9,12-13,15,17H2,2-4H3;4-8,10,12,19,22,26H,1,9,11,13H2,2-3H3/t24-,27?;19-,22?/m00/s1. The van der Waals surface area contributed by atoms with Crippen LogP contribution in [0.2, 0.25) is 0 Å². The number of aryl methyl sites for hydroxylation is 2. The number of hydrogen-bond acceptors (Lipinski definition) is 11. The normalized spacial score (nSPS) is 19.2. The van der Waals surface area contributed by atoms with Gasteiger partial charge in [0.25, 0.3) is 11.8 Å². The summed E-state index contributed by atoms with van der Waals surface area (Å²) in [6, 6.07) is 21.6. The number of phenols is 1. The van der Waals surface area contributed by atoms with Gasteiger partial charge in [-0.25, -0.2) is 19.4 Å². The summed E-state index contributed by atoms with van der Waals surface area (Å²) in [5.74, 6) is 0.218. The second-order valence-corrected chi connectivity index (χ2v) is 16.6. The molecule has 0 radical (unpaired) electrons. The molecule has 66 heavy (non-hydrogen) atoms. The van der Waals surface area contributed by atoms with Crippen LogP contribution in [-0.4, -0.2) is 103 Å². The van der Waals surface area contributed by atoms with Crippen molar-refractivity contribution in [2.75, 3.05) is 43.8 Å². The van der Waals surface area contributed by atoms with Gasteiger partial charge >= 0.3 is 12.2 Å². The number of amides is 4. The second kappa shape index (κ2) is 20.5. The predicted molar refractivity (Wildman–Crippen MR) is 247 cm³/mol. The van der Waals surface area contributed by atoms with Crippen LogP contribution in [0.15, 0.2) is 98.1 Å². The van der Waals surface area contributed by atoms with E-state index in [1.54, 1.807) is 41.8 Å². The molecule has 15 heteroatoms. The number of hydrogen-bond donors (Lipinski definition) is 1. The fourth-order valence-corrected chi connectivity index (χ4v) is 9.07. The summed E-state index contributed by atoms with van der Waals surface area (Å²) in [5, 5.41) is 10.3. The van der Waals surface area contributed by atoms with Crippen LogP contribution >= 0.6 is 0 Å². The third-order valence-electron chi connectivity index (χ3n) is 12.3. The third-order valence-corrected chi connectivity index (χ3v) is 12.3. The zero-order chi connectivity index (χ0) is 47.2. The first kappa shape index (κ1) is 47.0. The van der Waals surface area contributed by atoms with Crippen LogP contribution in [0.3, 0.4) is 0 Å². The number of ether oxygens (including phenoxy) is 5. The van der Waals surface area contributed by atoms with Crippen molar-refractivity contribution in [2.45, 2.75) is 84.1 Å². The van der Waals surface area contributed by atoms with Crippen LogP contribution in [0, 0.1) is 13.8 Å². The highest BCUT2D eigenvalue weighted by atomic mass is 16.6. The molecule has 8 rings (SSSR count). The molecule has 0 saturated heterocycles. The Morgan fingerprint density at radius 3 is 1.61 bits per heavy atom. The van der Waals surface area contributed by atoms with Gasteiger partial charge in [0.05, 0.1) is 41.2 Å². The monoisotopic (exact) mass is 900 g/mol. The molecule has 4 atom stereocenters. The molecule has 346 valence electrons. The van der Waals surface area contributed by atoms with Crippen molar-refractivity contribution in [3.63, 3.8) is 0 Å². The van der Waals surface area contributed by atoms with Crippen LogP contribution < -0.4 is 14.5 Å². The Balaban J connectivity index is 0.000000199. The quantitative estimate of drug-likeness (QED) is 0.115. The average Bonchev–Trinajstić information content (AvgIpc) is 3.47. The minimum absolute atomic E-state index is 0.0129. The molecule has 4 aromatic rings. The number of phenolic OH excluding ortho intramolecular Hbond substituents is 1. The maximum atomic E-state index is 13.9. The van der Waals surface area contributed by atoms with E-state index >= 15 is 0 Å². The van der Waals surface area contributed by atoms with Crippen LogP contribution in [-0.2, 0) is 49.7 Å². The largest absolute Gasteiger partial charge is 0.508 e. The van der Waals surface area contributed by atoms with Gasteiger partial charge < -0.3 is 43.4 Å². The smallest absolute Gasteiger partial charge is 0.416 e. The van der Waals surface area contributed by atoms with E-state index < -0.39 is 36.7 Å². The molecule has 4 aromatic carbocycles. The number of anilines is 2. The van der Waals surface area contributed by atoms with Gasteiger partial charge in [-0.3, -0.25) is 9.59 Å². The van der Waals surface area contributed by atoms with Crippen molar-refractivity contribution < 1.29 is 52.8 Å². The molecule has 15 nitrogen and oxygen atoms in total. The zero-order valence-electron chi connectivity index (χ0n) is 38.0. The minimum Gasteiger partial charge on any atom is -0.508 e. The summed E-state index contributed by atoms with van der Waals surface area (Å²) >= 11 is 0. The summed E-state index contributed by atoms with van der Waals surface area (Å²) < 4.78 is 28.4. The number of Topliss-reactive ketones (excluding diaryl/α,β-unsaturated/α-hetero) is 1. The molecule has 4 amide bonds. The number of benzene rings is 4. The van der Waals surface area contributed by atoms with Crippen LogP contribution in [0.25, 0.3) is 0 Å². The zero-order valence-corrected chi connectivity index (χ0v) is 38.0. The van der Waals surface area contributed by atoms with Gasteiger partial charge in [-0.1, -0.05) is 73.8 Å². The Morgan fingerprint density at radius 1 is 0.697 bits per heavy atom. The maximum Gasteiger partial charge on any atom is 0.416 e. The van der Waals surface area contributed by atoms with Crippen molar-refractivity contribution in [3.8, 4) is 11.5 Å². The predicted octanol–water partition coefficient (Wildman–Crippen LogP) is 7.81. The lowest BCUT2D eigenvalue weighted by Crippen LogP contribution is -2.56. The van der Waals surface area contributed by atoms with E-state index in [1.165, 1.54) is 42.2 Å². The Kier molecular flexibility index (Phi) is 14.6. The number of aromatic hydroxyl groups is 1. The molecule has 2 unspecified atom stereocenters. The van der Waals surface area contributed by atoms with Crippen molar-refractivity contribution in [2.24, 2.45) is 0 Å². The molecule has 0 aliphatic carbocycles. The Labute approximate surface area is 384 Å². The number of carbonyl (C=O) groups is 5. The first-order valence-corrected chi connectivity index (χ1v) is 21.9. The number of rotatable bonds is 11. The van der Waals surface area contributed by atoms with Gasteiger partial charge in [0, 0.05) is 45.9 Å². The van der Waals surface area contributed by atoms with E-state index in [9.17, 15) is 29.1 Å². The van der Waals surface area contributed by atoms with Gasteiger partial charge in [0.2, 0.25) is 0 Å². The van der Waals surface area contributed by atoms with Gasteiger partial charge in [0.15, 0.2) is 12.5 Å². The summed E-state index contributed by atoms with van der Waals surface area (Å²) in [6.07, 6.45) is 2.15. The van der Waals surface area contributed by atoms with Crippen LogP contribution in [0.5, 0.6) is 11.5 Å². The summed E-state index contributed by atoms with van der Waals surface area (Å²) in [5.41, 5.74) is 7.00. The lowest BCUT2D eigenvalue weighted by molar-refractivity contribution is -0.117. The SMILES string of the molecule is C=CCOC(=O)N1c2cc(O)c(C)cc2C(=O)N2Cc3ccccc3C[C@H]2C1OC.C=CCOC(=O)N1c2cc(OCCCC(C)=O)c(C)cc2C(=O)N2Cc3ccccc3C[C@H]2C1OC. The molecule has 0 fully saturated rings. The van der Waals surface area contributed by atoms with E-state index in [2.05, 4.69) is 13.2 Å². The minimum atomic E-state index is -0.789. The summed E-state index contributed by atoms with van der Waals surface area (Å²) in [7, 11) is 3.03. The summed E-state index contributed by atoms with van der Waals surface area (Å²) in [6.45, 7) is 13.5. The first-order valence-electron chi connectivity index (χ1n) is 21.9. The van der Waals surface area contributed by atoms with E-state index in [0.717, 1.165) is 27.8 Å². The Morgan fingerprint density at radius 2 is 1.15 bits per heavy atom. The Bertz CT molecular complexity index is 2540. The molecular formula is C51H56N4O11. The van der Waals surface area contributed by atoms with Crippen LogP contribution in [0.1, 0.15) is 73.9 Å². The van der Waals surface area contributed by atoms with E-state index in [1.807, 2.05) is 55.5 Å². The molecular weight excluding hydrogens is 845 g/mol. The van der Waals surface area contributed by atoms with Crippen LogP contribution in [0.4, 0.5) is 21.0 Å². The van der Waals surface area contributed by atoms with E-state index in [-0.39, 0.29) is 42.2 Å². The maximum absolute atomic E-state index is 13.9.